The molecule has 1 saturated heterocycles. The summed E-state index contributed by atoms with van der Waals surface area (Å²) in [5, 5.41) is 9.67. The highest BCUT2D eigenvalue weighted by Gasteiger charge is 2.24. The van der Waals surface area contributed by atoms with Gasteiger partial charge in [-0.1, -0.05) is 24.6 Å². The minimum absolute atomic E-state index is 0.191. The molecule has 0 aromatic heterocycles. The molecule has 0 spiro atoms. The number of hydrogen-bond acceptors (Lipinski definition) is 2. The van der Waals surface area contributed by atoms with Crippen LogP contribution in [0, 0.1) is 13.8 Å². The number of aryl methyl sites for hydroxylation is 2. The highest BCUT2D eigenvalue weighted by atomic mass is 16.3. The average molecular weight is 261 g/mol. The van der Waals surface area contributed by atoms with E-state index in [2.05, 4.69) is 36.9 Å². The Morgan fingerprint density at radius 1 is 1.26 bits per heavy atom. The Morgan fingerprint density at radius 2 is 1.95 bits per heavy atom. The molecule has 1 aliphatic heterocycles. The number of piperidine rings is 1. The van der Waals surface area contributed by atoms with E-state index >= 15 is 0 Å². The summed E-state index contributed by atoms with van der Waals surface area (Å²) in [6.45, 7) is 8.53. The minimum atomic E-state index is -0.191. The maximum absolute atomic E-state index is 9.67. The van der Waals surface area contributed by atoms with E-state index in [-0.39, 0.29) is 6.10 Å². The van der Waals surface area contributed by atoms with Gasteiger partial charge in [0.1, 0.15) is 0 Å². The molecule has 0 aliphatic carbocycles. The SMILES string of the molecule is Cc1cccc(C)c1CN1CCCCC1CC(C)O. The molecular formula is C17H27NO. The molecule has 2 heteroatoms. The van der Waals surface area contributed by atoms with Crippen molar-refractivity contribution in [3.8, 4) is 0 Å². The van der Waals surface area contributed by atoms with Crippen molar-refractivity contribution in [3.63, 3.8) is 0 Å². The van der Waals surface area contributed by atoms with Crippen molar-refractivity contribution in [3.05, 3.63) is 34.9 Å². The zero-order chi connectivity index (χ0) is 13.8. The first-order chi connectivity index (χ1) is 9.08. The summed E-state index contributed by atoms with van der Waals surface area (Å²) in [5.74, 6) is 0. The van der Waals surface area contributed by atoms with Crippen molar-refractivity contribution in [2.75, 3.05) is 6.54 Å². The lowest BCUT2D eigenvalue weighted by atomic mass is 9.95. The van der Waals surface area contributed by atoms with Crippen LogP contribution in [0.1, 0.15) is 49.3 Å². The van der Waals surface area contributed by atoms with Crippen molar-refractivity contribution < 1.29 is 5.11 Å². The van der Waals surface area contributed by atoms with E-state index in [1.807, 2.05) is 6.92 Å². The predicted molar refractivity (Wildman–Crippen MR) is 80.3 cm³/mol. The Bertz CT molecular complexity index is 393. The van der Waals surface area contributed by atoms with Gasteiger partial charge in [0.15, 0.2) is 0 Å². The van der Waals surface area contributed by atoms with E-state index in [4.69, 9.17) is 0 Å². The van der Waals surface area contributed by atoms with E-state index in [1.165, 1.54) is 42.5 Å². The molecule has 1 N–H and O–H groups in total. The summed E-state index contributed by atoms with van der Waals surface area (Å²) in [5.41, 5.74) is 4.25. The first-order valence-electron chi connectivity index (χ1n) is 7.55. The highest BCUT2D eigenvalue weighted by molar-refractivity contribution is 5.33. The molecule has 1 fully saturated rings. The van der Waals surface area contributed by atoms with Gasteiger partial charge in [0.2, 0.25) is 0 Å². The highest BCUT2D eigenvalue weighted by Crippen LogP contribution is 2.25. The van der Waals surface area contributed by atoms with Gasteiger partial charge < -0.3 is 5.11 Å². The first kappa shape index (κ1) is 14.5. The third kappa shape index (κ3) is 3.80. The Balaban J connectivity index is 2.11. The third-order valence-electron chi connectivity index (χ3n) is 4.37. The lowest BCUT2D eigenvalue weighted by Gasteiger charge is -2.37. The van der Waals surface area contributed by atoms with Crippen LogP contribution in [0.25, 0.3) is 0 Å². The predicted octanol–water partition coefficient (Wildman–Crippen LogP) is 3.43. The van der Waals surface area contributed by atoms with Crippen LogP contribution in [0.15, 0.2) is 18.2 Å². The van der Waals surface area contributed by atoms with Crippen LogP contribution in [-0.4, -0.2) is 28.7 Å². The molecule has 19 heavy (non-hydrogen) atoms. The number of rotatable bonds is 4. The number of aliphatic hydroxyl groups is 1. The second kappa shape index (κ2) is 6.53. The van der Waals surface area contributed by atoms with Gasteiger partial charge in [0, 0.05) is 12.6 Å². The fraction of sp³-hybridized carbons (Fsp3) is 0.647. The Morgan fingerprint density at radius 3 is 2.58 bits per heavy atom. The smallest absolute Gasteiger partial charge is 0.0527 e. The number of likely N-dealkylation sites (tertiary alicyclic amines) is 1. The Labute approximate surface area is 117 Å². The number of benzene rings is 1. The fourth-order valence-corrected chi connectivity index (χ4v) is 3.23. The van der Waals surface area contributed by atoms with E-state index in [1.54, 1.807) is 0 Å². The van der Waals surface area contributed by atoms with E-state index in [0.29, 0.717) is 6.04 Å². The van der Waals surface area contributed by atoms with Gasteiger partial charge in [-0.15, -0.1) is 0 Å². The van der Waals surface area contributed by atoms with Crippen molar-refractivity contribution in [2.45, 2.75) is 65.1 Å². The van der Waals surface area contributed by atoms with Crippen LogP contribution >= 0.6 is 0 Å². The van der Waals surface area contributed by atoms with Crippen LogP contribution in [-0.2, 0) is 6.54 Å². The molecule has 2 unspecified atom stereocenters. The summed E-state index contributed by atoms with van der Waals surface area (Å²) in [7, 11) is 0. The van der Waals surface area contributed by atoms with Crippen molar-refractivity contribution in [2.24, 2.45) is 0 Å². The molecule has 106 valence electrons. The second-order valence-corrected chi connectivity index (χ2v) is 6.08. The molecule has 1 aromatic rings. The van der Waals surface area contributed by atoms with Crippen LogP contribution in [0.4, 0.5) is 0 Å². The monoisotopic (exact) mass is 261 g/mol. The van der Waals surface area contributed by atoms with Crippen molar-refractivity contribution in [1.29, 1.82) is 0 Å². The fourth-order valence-electron chi connectivity index (χ4n) is 3.23. The normalized spacial score (nSPS) is 22.4. The molecule has 2 rings (SSSR count). The molecular weight excluding hydrogens is 234 g/mol. The average Bonchev–Trinajstić information content (AvgIpc) is 2.35. The van der Waals surface area contributed by atoms with Gasteiger partial charge in [-0.2, -0.15) is 0 Å². The van der Waals surface area contributed by atoms with Crippen LogP contribution in [0.2, 0.25) is 0 Å². The lowest BCUT2D eigenvalue weighted by Crippen LogP contribution is -2.40. The second-order valence-electron chi connectivity index (χ2n) is 6.08. The van der Waals surface area contributed by atoms with Crippen LogP contribution in [0.3, 0.4) is 0 Å². The van der Waals surface area contributed by atoms with Gasteiger partial charge in [0.25, 0.3) is 0 Å². The van der Waals surface area contributed by atoms with Crippen molar-refractivity contribution in [1.82, 2.24) is 4.90 Å². The standard InChI is InChI=1S/C17H27NO/c1-13-7-6-8-14(2)17(13)12-18-10-5-4-9-16(18)11-15(3)19/h6-8,15-16,19H,4-5,9-12H2,1-3H3. The summed E-state index contributed by atoms with van der Waals surface area (Å²) in [4.78, 5) is 2.57. The molecule has 0 amide bonds. The van der Waals surface area contributed by atoms with Gasteiger partial charge in [-0.3, -0.25) is 4.90 Å². The summed E-state index contributed by atoms with van der Waals surface area (Å²) < 4.78 is 0. The molecule has 0 saturated carbocycles. The van der Waals surface area contributed by atoms with E-state index in [9.17, 15) is 5.11 Å². The van der Waals surface area contributed by atoms with Crippen molar-refractivity contribution >= 4 is 0 Å². The molecule has 1 aliphatic rings. The zero-order valence-electron chi connectivity index (χ0n) is 12.5. The lowest BCUT2D eigenvalue weighted by molar-refractivity contribution is 0.0815. The molecule has 2 atom stereocenters. The molecule has 0 radical (unpaired) electrons. The quantitative estimate of drug-likeness (QED) is 0.897. The van der Waals surface area contributed by atoms with E-state index in [0.717, 1.165) is 13.0 Å². The number of nitrogens with zero attached hydrogens (tertiary/aromatic N) is 1. The Kier molecular flexibility index (Phi) is 5.00. The van der Waals surface area contributed by atoms with Crippen LogP contribution in [0.5, 0.6) is 0 Å². The molecule has 2 nitrogen and oxygen atoms in total. The maximum Gasteiger partial charge on any atom is 0.0527 e. The maximum atomic E-state index is 9.67. The summed E-state index contributed by atoms with van der Waals surface area (Å²) in [6.07, 6.45) is 4.55. The van der Waals surface area contributed by atoms with Gasteiger partial charge in [-0.05, 0) is 63.3 Å². The number of hydrogen-bond donors (Lipinski definition) is 1. The Hall–Kier alpha value is -0.860. The third-order valence-corrected chi connectivity index (χ3v) is 4.37. The van der Waals surface area contributed by atoms with Gasteiger partial charge in [-0.25, -0.2) is 0 Å². The summed E-state index contributed by atoms with van der Waals surface area (Å²) >= 11 is 0. The summed E-state index contributed by atoms with van der Waals surface area (Å²) in [6, 6.07) is 7.09. The zero-order valence-corrected chi connectivity index (χ0v) is 12.5. The minimum Gasteiger partial charge on any atom is -0.393 e. The van der Waals surface area contributed by atoms with Gasteiger partial charge >= 0.3 is 0 Å². The van der Waals surface area contributed by atoms with Gasteiger partial charge in [0.05, 0.1) is 6.10 Å². The topological polar surface area (TPSA) is 23.5 Å². The molecule has 1 heterocycles. The molecule has 0 bridgehead atoms. The van der Waals surface area contributed by atoms with Crippen LogP contribution < -0.4 is 0 Å². The molecule has 1 aromatic carbocycles. The number of aliphatic hydroxyl groups excluding tert-OH is 1. The van der Waals surface area contributed by atoms with E-state index < -0.39 is 0 Å². The first-order valence-corrected chi connectivity index (χ1v) is 7.55. The largest absolute Gasteiger partial charge is 0.393 e.